The maximum absolute atomic E-state index is 5.97. The summed E-state index contributed by atoms with van der Waals surface area (Å²) >= 11 is 5.89. The third-order valence-corrected chi connectivity index (χ3v) is 3.06. The molecule has 2 aromatic rings. The summed E-state index contributed by atoms with van der Waals surface area (Å²) in [6, 6.07) is 6.87. The molecule has 0 aliphatic carbocycles. The number of methoxy groups -OCH3 is 1. The highest BCUT2D eigenvalue weighted by molar-refractivity contribution is 6.30. The van der Waals surface area contributed by atoms with Crippen LogP contribution in [0.2, 0.25) is 5.02 Å². The van der Waals surface area contributed by atoms with Crippen molar-refractivity contribution in [3.8, 4) is 5.75 Å². The van der Waals surface area contributed by atoms with Crippen LogP contribution in [0.5, 0.6) is 5.75 Å². The van der Waals surface area contributed by atoms with E-state index in [0.717, 1.165) is 11.1 Å². The Bertz CT molecular complexity index is 576. The molecule has 0 aliphatic heterocycles. The normalized spacial score (nSPS) is 12.2. The van der Waals surface area contributed by atoms with Crippen LogP contribution < -0.4 is 21.7 Å². The van der Waals surface area contributed by atoms with Crippen molar-refractivity contribution in [2.75, 3.05) is 12.8 Å². The summed E-state index contributed by atoms with van der Waals surface area (Å²) in [7, 11) is 1.59. The van der Waals surface area contributed by atoms with Gasteiger partial charge < -0.3 is 10.5 Å². The lowest BCUT2D eigenvalue weighted by Gasteiger charge is -2.19. The minimum Gasteiger partial charge on any atom is -0.495 e. The van der Waals surface area contributed by atoms with Crippen LogP contribution in [0.25, 0.3) is 0 Å². The minimum atomic E-state index is -0.278. The van der Waals surface area contributed by atoms with Crippen molar-refractivity contribution in [1.29, 1.82) is 0 Å². The van der Waals surface area contributed by atoms with E-state index in [1.807, 2.05) is 12.1 Å². The number of anilines is 1. The van der Waals surface area contributed by atoms with E-state index >= 15 is 0 Å². The zero-order valence-electron chi connectivity index (χ0n) is 10.4. The van der Waals surface area contributed by atoms with Crippen LogP contribution in [-0.4, -0.2) is 12.1 Å². The second-order valence-corrected chi connectivity index (χ2v) is 4.47. The molecule has 5 N–H and O–H groups in total. The molecule has 6 heteroatoms. The number of hydrazine groups is 1. The molecule has 0 radical (unpaired) electrons. The topological polar surface area (TPSA) is 86.2 Å². The highest BCUT2D eigenvalue weighted by Gasteiger charge is 2.16. The molecule has 0 saturated carbocycles. The number of halogens is 1. The van der Waals surface area contributed by atoms with E-state index in [1.165, 1.54) is 0 Å². The number of nitrogens with one attached hydrogen (secondary N) is 1. The number of rotatable bonds is 4. The van der Waals surface area contributed by atoms with Gasteiger partial charge in [-0.15, -0.1) is 0 Å². The molecule has 2 rings (SSSR count). The molecule has 100 valence electrons. The predicted octanol–water partition coefficient (Wildman–Crippen LogP) is 1.88. The standard InChI is InChI=1S/C13H15ClN4O/c1-19-10-4-8(6-17-7-10)13(18-16)11-3-2-9(14)5-12(11)15/h2-7,13,18H,15-16H2,1H3. The van der Waals surface area contributed by atoms with Crippen molar-refractivity contribution in [2.45, 2.75) is 6.04 Å². The van der Waals surface area contributed by atoms with Gasteiger partial charge >= 0.3 is 0 Å². The average molecular weight is 279 g/mol. The van der Waals surface area contributed by atoms with Crippen molar-refractivity contribution in [3.05, 3.63) is 52.8 Å². The number of nitrogens with zero attached hydrogens (tertiary/aromatic N) is 1. The molecule has 1 aromatic heterocycles. The highest BCUT2D eigenvalue weighted by atomic mass is 35.5. The van der Waals surface area contributed by atoms with Crippen molar-refractivity contribution in [1.82, 2.24) is 10.4 Å². The Morgan fingerprint density at radius 1 is 1.32 bits per heavy atom. The Kier molecular flexibility index (Phi) is 4.21. The van der Waals surface area contributed by atoms with Crippen molar-refractivity contribution >= 4 is 17.3 Å². The summed E-state index contributed by atoms with van der Waals surface area (Å²) < 4.78 is 5.15. The predicted molar refractivity (Wildman–Crippen MR) is 75.8 cm³/mol. The molecule has 0 spiro atoms. The largest absolute Gasteiger partial charge is 0.495 e. The van der Waals surface area contributed by atoms with Crippen LogP contribution in [0, 0.1) is 0 Å². The SMILES string of the molecule is COc1cncc(C(NN)c2ccc(Cl)cc2N)c1. The Labute approximate surface area is 116 Å². The molecule has 5 nitrogen and oxygen atoms in total. The molecule has 1 unspecified atom stereocenters. The number of nitrogen functional groups attached to an aromatic ring is 1. The van der Waals surface area contributed by atoms with Gasteiger partial charge in [0.1, 0.15) is 5.75 Å². The molecular weight excluding hydrogens is 264 g/mol. The molecular formula is C13H15ClN4O. The van der Waals surface area contributed by atoms with E-state index in [2.05, 4.69) is 10.4 Å². The second-order valence-electron chi connectivity index (χ2n) is 4.03. The second kappa shape index (κ2) is 5.88. The number of aromatic nitrogens is 1. The number of pyridine rings is 1. The van der Waals surface area contributed by atoms with Crippen molar-refractivity contribution in [2.24, 2.45) is 5.84 Å². The van der Waals surface area contributed by atoms with Gasteiger partial charge in [0.15, 0.2) is 0 Å². The molecule has 19 heavy (non-hydrogen) atoms. The van der Waals surface area contributed by atoms with Crippen LogP contribution >= 0.6 is 11.6 Å². The van der Waals surface area contributed by atoms with Gasteiger partial charge in [-0.3, -0.25) is 10.8 Å². The fraction of sp³-hybridized carbons (Fsp3) is 0.154. The van der Waals surface area contributed by atoms with E-state index in [9.17, 15) is 0 Å². The van der Waals surface area contributed by atoms with Crippen molar-refractivity contribution in [3.63, 3.8) is 0 Å². The zero-order valence-corrected chi connectivity index (χ0v) is 11.2. The summed E-state index contributed by atoms with van der Waals surface area (Å²) in [6.45, 7) is 0. The van der Waals surface area contributed by atoms with Gasteiger partial charge in [-0.2, -0.15) is 0 Å². The maximum Gasteiger partial charge on any atom is 0.137 e. The number of hydrogen-bond donors (Lipinski definition) is 3. The third-order valence-electron chi connectivity index (χ3n) is 2.83. The van der Waals surface area contributed by atoms with E-state index < -0.39 is 0 Å². The summed E-state index contributed by atoms with van der Waals surface area (Å²) in [5, 5.41) is 0.584. The summed E-state index contributed by atoms with van der Waals surface area (Å²) in [5.74, 6) is 6.29. The van der Waals surface area contributed by atoms with Gasteiger partial charge in [0.25, 0.3) is 0 Å². The molecule has 1 aromatic carbocycles. The first-order valence-electron chi connectivity index (χ1n) is 5.65. The van der Waals surface area contributed by atoms with Crippen molar-refractivity contribution < 1.29 is 4.74 Å². The summed E-state index contributed by atoms with van der Waals surface area (Å²) in [5.41, 5.74) is 11.0. The smallest absolute Gasteiger partial charge is 0.137 e. The summed E-state index contributed by atoms with van der Waals surface area (Å²) in [6.07, 6.45) is 3.34. The third kappa shape index (κ3) is 2.96. The number of nitrogens with two attached hydrogens (primary N) is 2. The molecule has 1 heterocycles. The van der Waals surface area contributed by atoms with Gasteiger partial charge in [0.2, 0.25) is 0 Å². The molecule has 0 aliphatic rings. The number of hydrogen-bond acceptors (Lipinski definition) is 5. The van der Waals surface area contributed by atoms with Crippen LogP contribution in [0.4, 0.5) is 5.69 Å². The Morgan fingerprint density at radius 3 is 2.74 bits per heavy atom. The van der Waals surface area contributed by atoms with E-state index in [0.29, 0.717) is 16.5 Å². The van der Waals surface area contributed by atoms with Crippen LogP contribution in [0.1, 0.15) is 17.2 Å². The molecule has 0 bridgehead atoms. The minimum absolute atomic E-state index is 0.278. The van der Waals surface area contributed by atoms with Gasteiger partial charge in [-0.05, 0) is 29.3 Å². The number of ether oxygens (including phenoxy) is 1. The zero-order chi connectivity index (χ0) is 13.8. The van der Waals surface area contributed by atoms with Gasteiger partial charge in [-0.1, -0.05) is 17.7 Å². The fourth-order valence-electron chi connectivity index (χ4n) is 1.88. The monoisotopic (exact) mass is 278 g/mol. The fourth-order valence-corrected chi connectivity index (χ4v) is 2.06. The van der Waals surface area contributed by atoms with Gasteiger partial charge in [0, 0.05) is 16.9 Å². The lowest BCUT2D eigenvalue weighted by molar-refractivity contribution is 0.411. The molecule has 0 amide bonds. The Balaban J connectivity index is 2.43. The van der Waals surface area contributed by atoms with Crippen LogP contribution in [0.15, 0.2) is 36.7 Å². The highest BCUT2D eigenvalue weighted by Crippen LogP contribution is 2.29. The number of benzene rings is 1. The van der Waals surface area contributed by atoms with Gasteiger partial charge in [-0.25, -0.2) is 5.43 Å². The lowest BCUT2D eigenvalue weighted by atomic mass is 9.99. The molecule has 1 atom stereocenters. The van der Waals surface area contributed by atoms with E-state index in [-0.39, 0.29) is 6.04 Å². The molecule has 0 fully saturated rings. The first kappa shape index (κ1) is 13.6. The average Bonchev–Trinajstić information content (AvgIpc) is 2.42. The quantitative estimate of drug-likeness (QED) is 0.452. The lowest BCUT2D eigenvalue weighted by Crippen LogP contribution is -2.29. The first-order valence-corrected chi connectivity index (χ1v) is 6.03. The van der Waals surface area contributed by atoms with E-state index in [4.69, 9.17) is 27.9 Å². The van der Waals surface area contributed by atoms with Crippen LogP contribution in [0.3, 0.4) is 0 Å². The van der Waals surface area contributed by atoms with E-state index in [1.54, 1.807) is 31.6 Å². The first-order chi connectivity index (χ1) is 9.15. The van der Waals surface area contributed by atoms with Gasteiger partial charge in [0.05, 0.1) is 19.3 Å². The maximum atomic E-state index is 5.97. The summed E-state index contributed by atoms with van der Waals surface area (Å²) in [4.78, 5) is 4.11. The Hall–Kier alpha value is -1.82. The molecule has 0 saturated heterocycles. The van der Waals surface area contributed by atoms with Crippen LogP contribution in [-0.2, 0) is 0 Å². The Morgan fingerprint density at radius 2 is 2.11 bits per heavy atom.